The van der Waals surface area contributed by atoms with Gasteiger partial charge in [-0.3, -0.25) is 5.43 Å². The maximum Gasteiger partial charge on any atom is 0.187 e. The van der Waals surface area contributed by atoms with E-state index in [-0.39, 0.29) is 6.61 Å². The molecule has 0 unspecified atom stereocenters. The lowest BCUT2D eigenvalue weighted by Crippen LogP contribution is -2.33. The molecule has 0 fully saturated rings. The van der Waals surface area contributed by atoms with Crippen molar-refractivity contribution in [1.82, 2.24) is 10.7 Å². The van der Waals surface area contributed by atoms with Crippen molar-refractivity contribution in [3.8, 4) is 11.3 Å². The molecule has 0 amide bonds. The summed E-state index contributed by atoms with van der Waals surface area (Å²) in [5, 5.41) is 16.7. The summed E-state index contributed by atoms with van der Waals surface area (Å²) in [6.07, 6.45) is 1.49. The van der Waals surface area contributed by atoms with Crippen molar-refractivity contribution in [2.75, 3.05) is 13.2 Å². The number of halogens is 2. The number of rotatable bonds is 5. The van der Waals surface area contributed by atoms with Gasteiger partial charge >= 0.3 is 0 Å². The van der Waals surface area contributed by atoms with Gasteiger partial charge in [0.1, 0.15) is 11.5 Å². The Morgan fingerprint density at radius 3 is 2.86 bits per heavy atom. The molecule has 0 radical (unpaired) electrons. The van der Waals surface area contributed by atoms with Crippen LogP contribution in [0.1, 0.15) is 5.76 Å². The Bertz CT molecular complexity index is 688. The number of aliphatic hydroxyl groups is 1. The summed E-state index contributed by atoms with van der Waals surface area (Å²) in [6.45, 7) is 0.357. The van der Waals surface area contributed by atoms with Crippen molar-refractivity contribution in [3.05, 3.63) is 46.1 Å². The summed E-state index contributed by atoms with van der Waals surface area (Å²) in [6, 6.07) is 8.73. The second kappa shape index (κ2) is 8.14. The zero-order valence-corrected chi connectivity index (χ0v) is 13.7. The number of aliphatic hydroxyl groups excluding tert-OH is 1. The fourth-order valence-electron chi connectivity index (χ4n) is 1.62. The molecule has 1 heterocycles. The molecule has 0 aliphatic carbocycles. The number of benzene rings is 1. The Morgan fingerprint density at radius 1 is 1.32 bits per heavy atom. The van der Waals surface area contributed by atoms with Crippen LogP contribution in [0.15, 0.2) is 39.9 Å². The molecular weight excluding hydrogens is 345 g/mol. The van der Waals surface area contributed by atoms with Gasteiger partial charge in [0.25, 0.3) is 0 Å². The van der Waals surface area contributed by atoms with Crippen molar-refractivity contribution in [2.24, 2.45) is 5.10 Å². The molecular formula is C14H13Cl2N3O2S. The third-order valence-corrected chi connectivity index (χ3v) is 3.36. The average Bonchev–Trinajstić information content (AvgIpc) is 2.93. The first kappa shape index (κ1) is 16.8. The van der Waals surface area contributed by atoms with Crippen molar-refractivity contribution in [3.63, 3.8) is 0 Å². The Kier molecular flexibility index (Phi) is 6.21. The number of nitrogens with one attached hydrogen (secondary N) is 2. The zero-order chi connectivity index (χ0) is 15.9. The van der Waals surface area contributed by atoms with Crippen LogP contribution in [0.3, 0.4) is 0 Å². The first-order valence-electron chi connectivity index (χ1n) is 6.33. The van der Waals surface area contributed by atoms with Crippen LogP contribution in [0.5, 0.6) is 0 Å². The first-order valence-corrected chi connectivity index (χ1v) is 7.49. The number of hydrazone groups is 1. The molecule has 1 aromatic heterocycles. The third-order valence-electron chi connectivity index (χ3n) is 2.58. The molecule has 2 rings (SSSR count). The summed E-state index contributed by atoms with van der Waals surface area (Å²) >= 11 is 16.9. The van der Waals surface area contributed by atoms with E-state index in [1.165, 1.54) is 6.21 Å². The number of thiocarbonyl (C=S) groups is 1. The molecule has 0 bridgehead atoms. The van der Waals surface area contributed by atoms with Gasteiger partial charge in [-0.15, -0.1) is 0 Å². The molecule has 2 aromatic rings. The lowest BCUT2D eigenvalue weighted by Gasteiger charge is -2.03. The smallest absolute Gasteiger partial charge is 0.187 e. The van der Waals surface area contributed by atoms with Crippen LogP contribution in [-0.2, 0) is 0 Å². The highest BCUT2D eigenvalue weighted by molar-refractivity contribution is 7.80. The maximum absolute atomic E-state index is 8.65. The normalized spacial score (nSPS) is 10.9. The van der Waals surface area contributed by atoms with Crippen LogP contribution in [0.4, 0.5) is 0 Å². The quantitative estimate of drug-likeness (QED) is 0.435. The minimum Gasteiger partial charge on any atom is -0.455 e. The summed E-state index contributed by atoms with van der Waals surface area (Å²) in [5.41, 5.74) is 3.36. The van der Waals surface area contributed by atoms with Crippen LogP contribution in [0.2, 0.25) is 10.0 Å². The minimum atomic E-state index is -0.00503. The summed E-state index contributed by atoms with van der Waals surface area (Å²) in [4.78, 5) is 0. The SMILES string of the molecule is OCCNC(=S)N/N=C/c1ccc(-c2ccc(Cl)cc2Cl)o1. The van der Waals surface area contributed by atoms with Crippen LogP contribution in [0, 0.1) is 0 Å². The molecule has 0 aliphatic rings. The second-order valence-corrected chi connectivity index (χ2v) is 5.43. The van der Waals surface area contributed by atoms with E-state index < -0.39 is 0 Å². The number of hydrogen-bond donors (Lipinski definition) is 3. The molecule has 0 atom stereocenters. The van der Waals surface area contributed by atoms with Gasteiger partial charge < -0.3 is 14.8 Å². The largest absolute Gasteiger partial charge is 0.455 e. The van der Waals surface area contributed by atoms with Gasteiger partial charge in [0, 0.05) is 17.1 Å². The summed E-state index contributed by atoms with van der Waals surface area (Å²) in [5.74, 6) is 1.16. The van der Waals surface area contributed by atoms with E-state index in [4.69, 9.17) is 44.9 Å². The molecule has 0 saturated carbocycles. The molecule has 3 N–H and O–H groups in total. The molecule has 0 saturated heterocycles. The third kappa shape index (κ3) is 4.71. The first-order chi connectivity index (χ1) is 10.6. The fraction of sp³-hybridized carbons (Fsp3) is 0.143. The Morgan fingerprint density at radius 2 is 2.14 bits per heavy atom. The summed E-state index contributed by atoms with van der Waals surface area (Å²) < 4.78 is 5.63. The van der Waals surface area contributed by atoms with Crippen LogP contribution in [0.25, 0.3) is 11.3 Å². The predicted molar refractivity (Wildman–Crippen MR) is 92.6 cm³/mol. The molecule has 0 spiro atoms. The van der Waals surface area contributed by atoms with Gasteiger partial charge in [0.05, 0.1) is 17.8 Å². The van der Waals surface area contributed by atoms with Crippen molar-refractivity contribution >= 4 is 46.7 Å². The maximum atomic E-state index is 8.65. The molecule has 0 aliphatic heterocycles. The average molecular weight is 358 g/mol. The second-order valence-electron chi connectivity index (χ2n) is 4.18. The molecule has 116 valence electrons. The van der Waals surface area contributed by atoms with E-state index in [9.17, 15) is 0 Å². The van der Waals surface area contributed by atoms with E-state index >= 15 is 0 Å². The highest BCUT2D eigenvalue weighted by atomic mass is 35.5. The molecule has 5 nitrogen and oxygen atoms in total. The highest BCUT2D eigenvalue weighted by Crippen LogP contribution is 2.31. The highest BCUT2D eigenvalue weighted by Gasteiger charge is 2.08. The van der Waals surface area contributed by atoms with Crippen molar-refractivity contribution in [2.45, 2.75) is 0 Å². The lowest BCUT2D eigenvalue weighted by atomic mass is 10.2. The van der Waals surface area contributed by atoms with Gasteiger partial charge in [0.2, 0.25) is 0 Å². The predicted octanol–water partition coefficient (Wildman–Crippen LogP) is 3.04. The lowest BCUT2D eigenvalue weighted by molar-refractivity contribution is 0.300. The van der Waals surface area contributed by atoms with E-state index in [1.54, 1.807) is 30.3 Å². The van der Waals surface area contributed by atoms with Crippen molar-refractivity contribution < 1.29 is 9.52 Å². The molecule has 22 heavy (non-hydrogen) atoms. The topological polar surface area (TPSA) is 69.8 Å². The molecule has 8 heteroatoms. The number of furan rings is 1. The van der Waals surface area contributed by atoms with E-state index in [2.05, 4.69) is 15.8 Å². The van der Waals surface area contributed by atoms with E-state index in [0.29, 0.717) is 33.2 Å². The Balaban J connectivity index is 2.01. The fourth-order valence-corrected chi connectivity index (χ4v) is 2.28. The van der Waals surface area contributed by atoms with Gasteiger partial charge in [-0.05, 0) is 42.5 Å². The van der Waals surface area contributed by atoms with Gasteiger partial charge in [-0.25, -0.2) is 0 Å². The van der Waals surface area contributed by atoms with Crippen LogP contribution in [-0.4, -0.2) is 29.6 Å². The van der Waals surface area contributed by atoms with Gasteiger partial charge in [-0.2, -0.15) is 5.10 Å². The Hall–Kier alpha value is -1.60. The van der Waals surface area contributed by atoms with Crippen LogP contribution >= 0.6 is 35.4 Å². The van der Waals surface area contributed by atoms with E-state index in [0.717, 1.165) is 5.56 Å². The number of hydrogen-bond acceptors (Lipinski definition) is 4. The summed E-state index contributed by atoms with van der Waals surface area (Å²) in [7, 11) is 0. The van der Waals surface area contributed by atoms with E-state index in [1.807, 2.05) is 0 Å². The standard InChI is InChI=1S/C14H13Cl2N3O2S/c15-9-1-3-11(12(16)7-9)13-4-2-10(21-13)8-18-19-14(22)17-5-6-20/h1-4,7-8,20H,5-6H2,(H2,17,19,22)/b18-8+. The van der Waals surface area contributed by atoms with Gasteiger partial charge in [-0.1, -0.05) is 23.2 Å². The Labute approximate surface area is 142 Å². The molecule has 1 aromatic carbocycles. The van der Waals surface area contributed by atoms with Crippen molar-refractivity contribution in [1.29, 1.82) is 0 Å². The minimum absolute atomic E-state index is 0.00503. The number of nitrogens with zero attached hydrogens (tertiary/aromatic N) is 1. The monoisotopic (exact) mass is 357 g/mol. The van der Waals surface area contributed by atoms with Crippen LogP contribution < -0.4 is 10.7 Å². The van der Waals surface area contributed by atoms with Gasteiger partial charge in [0.15, 0.2) is 5.11 Å². The zero-order valence-electron chi connectivity index (χ0n) is 11.3.